The number of aryl methyl sites for hydroxylation is 1. The maximum atomic E-state index is 12.5. The Morgan fingerprint density at radius 2 is 2.00 bits per heavy atom. The Kier molecular flexibility index (Phi) is 3.86. The second-order valence-electron chi connectivity index (χ2n) is 4.69. The van der Waals surface area contributed by atoms with Gasteiger partial charge < -0.3 is 0 Å². The van der Waals surface area contributed by atoms with Crippen LogP contribution in [0.1, 0.15) is 11.1 Å². The molecule has 3 nitrogen and oxygen atoms in total. The van der Waals surface area contributed by atoms with Crippen molar-refractivity contribution in [3.8, 4) is 0 Å². The van der Waals surface area contributed by atoms with Crippen LogP contribution in [0.15, 0.2) is 53.7 Å². The number of carbonyl (C=O) groups is 1. The van der Waals surface area contributed by atoms with E-state index in [0.29, 0.717) is 9.23 Å². The predicted octanol–water partition coefficient (Wildman–Crippen LogP) is 3.21. The molecule has 0 spiro atoms. The molecular weight excluding hydrogens is 300 g/mol. The number of carbonyl (C=O) groups excluding carboxylic acids is 1. The molecule has 1 N–H and O–H groups in total. The molecule has 5 heteroatoms. The molecule has 1 aliphatic heterocycles. The van der Waals surface area contributed by atoms with E-state index in [1.54, 1.807) is 17.3 Å². The third kappa shape index (κ3) is 2.89. The molecule has 21 heavy (non-hydrogen) atoms. The minimum Gasteiger partial charge on any atom is -0.268 e. The number of aromatic amines is 1. The van der Waals surface area contributed by atoms with E-state index in [1.807, 2.05) is 49.4 Å². The molecule has 0 bridgehead atoms. The monoisotopic (exact) mass is 313 g/mol. The number of H-pyrrole nitrogens is 1. The van der Waals surface area contributed by atoms with Gasteiger partial charge in [-0.25, -0.2) is 4.98 Å². The van der Waals surface area contributed by atoms with Crippen molar-refractivity contribution in [1.29, 1.82) is 0 Å². The fourth-order valence-electron chi connectivity index (χ4n) is 2.03. The standard InChI is InChI=1S/C16H12N2OS2/c1-11-4-6-12(7-5-11)9-14-15(19)18(16(20)21-14)13-3-2-8-17-10-13/h2-10H,1H3/p+1. The largest absolute Gasteiger partial charge is 0.270 e. The van der Waals surface area contributed by atoms with Crippen LogP contribution in [0.3, 0.4) is 0 Å². The first-order valence-electron chi connectivity index (χ1n) is 6.46. The SMILES string of the molecule is Cc1ccc(C=C2SC(=S)N(c3ccc[nH+]c3)C2=O)cc1. The van der Waals surface area contributed by atoms with Crippen LogP contribution >= 0.6 is 24.0 Å². The molecule has 3 rings (SSSR count). The number of nitrogens with zero attached hydrogens (tertiary/aromatic N) is 1. The van der Waals surface area contributed by atoms with E-state index in [0.717, 1.165) is 11.3 Å². The summed E-state index contributed by atoms with van der Waals surface area (Å²) < 4.78 is 0.554. The van der Waals surface area contributed by atoms with Crippen LogP contribution in [0.2, 0.25) is 0 Å². The van der Waals surface area contributed by atoms with Gasteiger partial charge in [-0.15, -0.1) is 0 Å². The summed E-state index contributed by atoms with van der Waals surface area (Å²) >= 11 is 6.66. The molecule has 1 fully saturated rings. The summed E-state index contributed by atoms with van der Waals surface area (Å²) in [4.78, 5) is 17.7. The van der Waals surface area contributed by atoms with Crippen molar-refractivity contribution in [3.63, 3.8) is 0 Å². The Morgan fingerprint density at radius 3 is 2.67 bits per heavy atom. The quantitative estimate of drug-likeness (QED) is 0.631. The highest BCUT2D eigenvalue weighted by Crippen LogP contribution is 2.35. The van der Waals surface area contributed by atoms with E-state index >= 15 is 0 Å². The van der Waals surface area contributed by atoms with Crippen LogP contribution in [0.5, 0.6) is 0 Å². The number of hydrogen-bond acceptors (Lipinski definition) is 3. The first kappa shape index (κ1) is 14.0. The Labute approximate surface area is 132 Å². The Balaban J connectivity index is 1.92. The molecule has 2 heterocycles. The second kappa shape index (κ2) is 5.79. The summed E-state index contributed by atoms with van der Waals surface area (Å²) in [6.07, 6.45) is 5.44. The van der Waals surface area contributed by atoms with Gasteiger partial charge in [-0.2, -0.15) is 0 Å². The minimum atomic E-state index is -0.0785. The molecule has 1 amide bonds. The van der Waals surface area contributed by atoms with Crippen LogP contribution in [-0.2, 0) is 4.79 Å². The third-order valence-electron chi connectivity index (χ3n) is 3.12. The van der Waals surface area contributed by atoms with Crippen molar-refractivity contribution in [1.82, 2.24) is 0 Å². The molecule has 0 aliphatic carbocycles. The van der Waals surface area contributed by atoms with Crippen molar-refractivity contribution in [2.45, 2.75) is 6.92 Å². The lowest BCUT2D eigenvalue weighted by molar-refractivity contribution is -0.377. The summed E-state index contributed by atoms with van der Waals surface area (Å²) in [6, 6.07) is 11.8. The van der Waals surface area contributed by atoms with Gasteiger partial charge in [0, 0.05) is 6.07 Å². The molecule has 1 saturated heterocycles. The van der Waals surface area contributed by atoms with E-state index in [-0.39, 0.29) is 5.91 Å². The van der Waals surface area contributed by atoms with Crippen molar-refractivity contribution >= 4 is 46.0 Å². The summed E-state index contributed by atoms with van der Waals surface area (Å²) in [7, 11) is 0. The number of benzene rings is 1. The van der Waals surface area contributed by atoms with Crippen LogP contribution in [-0.4, -0.2) is 10.2 Å². The molecule has 1 aromatic heterocycles. The average Bonchev–Trinajstić information content (AvgIpc) is 2.77. The lowest BCUT2D eigenvalue weighted by Crippen LogP contribution is -2.28. The normalized spacial score (nSPS) is 16.8. The van der Waals surface area contributed by atoms with Gasteiger partial charge in [-0.05, 0) is 24.6 Å². The highest BCUT2D eigenvalue weighted by molar-refractivity contribution is 8.27. The molecule has 0 unspecified atom stereocenters. The first-order valence-corrected chi connectivity index (χ1v) is 7.68. The number of rotatable bonds is 2. The van der Waals surface area contributed by atoms with Crippen molar-refractivity contribution in [3.05, 3.63) is 64.8 Å². The van der Waals surface area contributed by atoms with E-state index in [9.17, 15) is 4.79 Å². The molecule has 104 valence electrons. The van der Waals surface area contributed by atoms with Crippen molar-refractivity contribution in [2.75, 3.05) is 4.90 Å². The predicted molar refractivity (Wildman–Crippen MR) is 89.8 cm³/mol. The van der Waals surface area contributed by atoms with Gasteiger partial charge >= 0.3 is 0 Å². The van der Waals surface area contributed by atoms with E-state index in [2.05, 4.69) is 4.98 Å². The van der Waals surface area contributed by atoms with Gasteiger partial charge in [0.2, 0.25) is 0 Å². The number of pyridine rings is 1. The summed E-state index contributed by atoms with van der Waals surface area (Å²) in [5.41, 5.74) is 2.95. The van der Waals surface area contributed by atoms with E-state index in [4.69, 9.17) is 12.2 Å². The maximum absolute atomic E-state index is 12.5. The van der Waals surface area contributed by atoms with Gasteiger partial charge in [0.05, 0.1) is 4.91 Å². The third-order valence-corrected chi connectivity index (χ3v) is 4.42. The summed E-state index contributed by atoms with van der Waals surface area (Å²) in [6.45, 7) is 2.04. The number of thioether (sulfide) groups is 1. The minimum absolute atomic E-state index is 0.0785. The number of anilines is 1. The molecule has 2 aromatic rings. The Bertz CT molecular complexity index is 724. The van der Waals surface area contributed by atoms with Gasteiger partial charge in [-0.1, -0.05) is 53.8 Å². The van der Waals surface area contributed by atoms with Crippen molar-refractivity contribution in [2.24, 2.45) is 0 Å². The number of thiocarbonyl (C=S) groups is 1. The highest BCUT2D eigenvalue weighted by Gasteiger charge is 2.34. The molecule has 0 radical (unpaired) electrons. The number of aromatic nitrogens is 1. The van der Waals surface area contributed by atoms with Crippen molar-refractivity contribution < 1.29 is 9.78 Å². The van der Waals surface area contributed by atoms with E-state index in [1.165, 1.54) is 17.3 Å². The number of amides is 1. The van der Waals surface area contributed by atoms with E-state index < -0.39 is 0 Å². The lowest BCUT2D eigenvalue weighted by Gasteiger charge is -2.11. The molecule has 1 aromatic carbocycles. The Morgan fingerprint density at radius 1 is 1.24 bits per heavy atom. The van der Waals surface area contributed by atoms with Gasteiger partial charge in [0.25, 0.3) is 5.91 Å². The first-order chi connectivity index (χ1) is 10.1. The van der Waals surface area contributed by atoms with Gasteiger partial charge in [0.1, 0.15) is 5.69 Å². The fourth-order valence-corrected chi connectivity index (χ4v) is 3.33. The fraction of sp³-hybridized carbons (Fsp3) is 0.0625. The topological polar surface area (TPSA) is 34.5 Å². The molecule has 0 atom stereocenters. The average molecular weight is 313 g/mol. The van der Waals surface area contributed by atoms with Crippen LogP contribution in [0.25, 0.3) is 6.08 Å². The number of nitrogens with one attached hydrogen (secondary N) is 1. The summed E-state index contributed by atoms with van der Waals surface area (Å²) in [5.74, 6) is -0.0785. The van der Waals surface area contributed by atoms with Crippen LogP contribution in [0, 0.1) is 6.92 Å². The second-order valence-corrected chi connectivity index (χ2v) is 6.37. The van der Waals surface area contributed by atoms with Crippen LogP contribution in [0.4, 0.5) is 5.69 Å². The molecule has 0 saturated carbocycles. The summed E-state index contributed by atoms with van der Waals surface area (Å²) in [5, 5.41) is 0. The zero-order valence-electron chi connectivity index (χ0n) is 11.4. The maximum Gasteiger partial charge on any atom is 0.270 e. The van der Waals surface area contributed by atoms with Gasteiger partial charge in [-0.3, -0.25) is 9.69 Å². The van der Waals surface area contributed by atoms with Gasteiger partial charge in [0.15, 0.2) is 16.7 Å². The smallest absolute Gasteiger partial charge is 0.268 e. The zero-order chi connectivity index (χ0) is 14.8. The molecular formula is C16H13N2OS2+. The lowest BCUT2D eigenvalue weighted by atomic mass is 10.1. The molecule has 1 aliphatic rings. The Hall–Kier alpha value is -1.98. The highest BCUT2D eigenvalue weighted by atomic mass is 32.2. The zero-order valence-corrected chi connectivity index (χ0v) is 13.0. The number of hydrogen-bond donors (Lipinski definition) is 0. The van der Waals surface area contributed by atoms with Crippen LogP contribution < -0.4 is 9.88 Å².